The zero-order chi connectivity index (χ0) is 10.3. The van der Waals surface area contributed by atoms with E-state index in [9.17, 15) is 0 Å². The lowest BCUT2D eigenvalue weighted by Gasteiger charge is -2.45. The van der Waals surface area contributed by atoms with Gasteiger partial charge in [0.1, 0.15) is 17.1 Å². The lowest BCUT2D eigenvalue weighted by atomic mass is 9.74. The highest BCUT2D eigenvalue weighted by molar-refractivity contribution is 5.42. The maximum absolute atomic E-state index is 6.10. The maximum Gasteiger partial charge on any atom is 0.123 e. The summed E-state index contributed by atoms with van der Waals surface area (Å²) in [7, 11) is 1.71. The summed E-state index contributed by atoms with van der Waals surface area (Å²) in [5.74, 6) is 2.00. The van der Waals surface area contributed by atoms with E-state index in [1.807, 2.05) is 12.1 Å². The molecular formula is C13H16O2. The maximum atomic E-state index is 6.10. The Bertz CT molecular complexity index is 380. The molecule has 0 N–H and O–H groups in total. The van der Waals surface area contributed by atoms with Crippen molar-refractivity contribution in [2.45, 2.75) is 37.7 Å². The summed E-state index contributed by atoms with van der Waals surface area (Å²) in [6, 6.07) is 6.13. The fraction of sp³-hybridized carbons (Fsp3) is 0.538. The molecule has 0 radical (unpaired) electrons. The lowest BCUT2D eigenvalue weighted by molar-refractivity contribution is -0.0250. The van der Waals surface area contributed by atoms with Crippen LogP contribution in [0.4, 0.5) is 0 Å². The molecule has 1 heterocycles. The van der Waals surface area contributed by atoms with E-state index in [0.29, 0.717) is 0 Å². The van der Waals surface area contributed by atoms with Crippen molar-refractivity contribution < 1.29 is 9.47 Å². The van der Waals surface area contributed by atoms with Gasteiger partial charge in [0, 0.05) is 0 Å². The van der Waals surface area contributed by atoms with Crippen LogP contribution in [0.15, 0.2) is 18.2 Å². The minimum Gasteiger partial charge on any atom is -0.497 e. The number of hydrogen-bond donors (Lipinski definition) is 0. The number of fused-ring (bicyclic) bond motifs is 1. The second-order valence-electron chi connectivity index (χ2n) is 4.61. The standard InChI is InChI=1S/C13H16O2/c1-14-11-3-4-12-10(9-11)5-8-13(15-12)6-2-7-13/h3-4,9H,2,5-8H2,1H3. The van der Waals surface area contributed by atoms with Crippen molar-refractivity contribution in [3.63, 3.8) is 0 Å². The fourth-order valence-electron chi connectivity index (χ4n) is 2.55. The van der Waals surface area contributed by atoms with Gasteiger partial charge in [-0.2, -0.15) is 0 Å². The van der Waals surface area contributed by atoms with Crippen LogP contribution in [-0.2, 0) is 6.42 Å². The Balaban J connectivity index is 1.90. The van der Waals surface area contributed by atoms with Gasteiger partial charge in [-0.15, -0.1) is 0 Å². The Labute approximate surface area is 90.2 Å². The van der Waals surface area contributed by atoms with E-state index in [0.717, 1.165) is 17.9 Å². The van der Waals surface area contributed by atoms with Crippen molar-refractivity contribution in [2.24, 2.45) is 0 Å². The highest BCUT2D eigenvalue weighted by Gasteiger charge is 2.41. The van der Waals surface area contributed by atoms with Crippen LogP contribution in [0.1, 0.15) is 31.2 Å². The zero-order valence-corrected chi connectivity index (χ0v) is 9.08. The Morgan fingerprint density at radius 2 is 2.13 bits per heavy atom. The third-order valence-corrected chi connectivity index (χ3v) is 3.71. The molecule has 2 aliphatic rings. The third-order valence-electron chi connectivity index (χ3n) is 3.71. The van der Waals surface area contributed by atoms with Gasteiger partial charge >= 0.3 is 0 Å². The minimum atomic E-state index is 0.196. The van der Waals surface area contributed by atoms with Crippen LogP contribution in [0.25, 0.3) is 0 Å². The normalized spacial score (nSPS) is 21.4. The molecule has 3 rings (SSSR count). The van der Waals surface area contributed by atoms with E-state index >= 15 is 0 Å². The molecule has 1 aromatic rings. The molecule has 0 unspecified atom stereocenters. The van der Waals surface area contributed by atoms with Gasteiger partial charge in [-0.3, -0.25) is 0 Å². The molecule has 80 valence electrons. The predicted octanol–water partition coefficient (Wildman–Crippen LogP) is 2.94. The van der Waals surface area contributed by atoms with Crippen molar-refractivity contribution in [3.05, 3.63) is 23.8 Å². The Morgan fingerprint density at radius 1 is 1.27 bits per heavy atom. The summed E-state index contributed by atoms with van der Waals surface area (Å²) in [4.78, 5) is 0. The SMILES string of the molecule is COc1ccc2c(c1)CCC1(CCC1)O2. The first kappa shape index (κ1) is 9.08. The van der Waals surface area contributed by atoms with Gasteiger partial charge in [0.25, 0.3) is 0 Å². The van der Waals surface area contributed by atoms with Gasteiger partial charge in [-0.05, 0) is 55.9 Å². The molecule has 1 fully saturated rings. The van der Waals surface area contributed by atoms with Crippen molar-refractivity contribution in [1.82, 2.24) is 0 Å². The first-order valence-corrected chi connectivity index (χ1v) is 5.67. The van der Waals surface area contributed by atoms with E-state index in [1.54, 1.807) is 7.11 Å². The third kappa shape index (κ3) is 1.39. The molecular weight excluding hydrogens is 188 g/mol. The second-order valence-corrected chi connectivity index (χ2v) is 4.61. The molecule has 0 aromatic heterocycles. The number of methoxy groups -OCH3 is 1. The van der Waals surface area contributed by atoms with Gasteiger partial charge in [-0.25, -0.2) is 0 Å². The van der Waals surface area contributed by atoms with Crippen molar-refractivity contribution in [1.29, 1.82) is 0 Å². The highest BCUT2D eigenvalue weighted by Crippen LogP contribution is 2.45. The largest absolute Gasteiger partial charge is 0.497 e. The molecule has 2 nitrogen and oxygen atoms in total. The van der Waals surface area contributed by atoms with Gasteiger partial charge in [-0.1, -0.05) is 0 Å². The summed E-state index contributed by atoms with van der Waals surface area (Å²) in [5.41, 5.74) is 1.49. The van der Waals surface area contributed by atoms with Crippen molar-refractivity contribution in [2.75, 3.05) is 7.11 Å². The average molecular weight is 204 g/mol. The monoisotopic (exact) mass is 204 g/mol. The molecule has 1 saturated carbocycles. The van der Waals surface area contributed by atoms with Gasteiger partial charge in [0.15, 0.2) is 0 Å². The van der Waals surface area contributed by atoms with Crippen LogP contribution in [0.3, 0.4) is 0 Å². The summed E-state index contributed by atoms with van der Waals surface area (Å²) < 4.78 is 11.3. The molecule has 0 amide bonds. The van der Waals surface area contributed by atoms with Crippen LogP contribution < -0.4 is 9.47 Å². The number of ether oxygens (including phenoxy) is 2. The fourth-order valence-corrected chi connectivity index (χ4v) is 2.55. The van der Waals surface area contributed by atoms with Crippen LogP contribution >= 0.6 is 0 Å². The van der Waals surface area contributed by atoms with E-state index in [4.69, 9.17) is 9.47 Å². The molecule has 2 heteroatoms. The lowest BCUT2D eigenvalue weighted by Crippen LogP contribution is -2.45. The Hall–Kier alpha value is -1.18. The van der Waals surface area contributed by atoms with Crippen LogP contribution in [0, 0.1) is 0 Å². The predicted molar refractivity (Wildman–Crippen MR) is 58.5 cm³/mol. The Kier molecular flexibility index (Phi) is 1.91. The smallest absolute Gasteiger partial charge is 0.123 e. The number of benzene rings is 1. The highest BCUT2D eigenvalue weighted by atomic mass is 16.5. The van der Waals surface area contributed by atoms with Crippen LogP contribution in [-0.4, -0.2) is 12.7 Å². The number of hydrogen-bond acceptors (Lipinski definition) is 2. The molecule has 1 aromatic carbocycles. The van der Waals surface area contributed by atoms with Crippen LogP contribution in [0.5, 0.6) is 11.5 Å². The Morgan fingerprint density at radius 3 is 2.80 bits per heavy atom. The minimum absolute atomic E-state index is 0.196. The summed E-state index contributed by atoms with van der Waals surface area (Å²) in [5, 5.41) is 0. The summed E-state index contributed by atoms with van der Waals surface area (Å²) >= 11 is 0. The molecule has 1 aliphatic carbocycles. The van der Waals surface area contributed by atoms with Crippen LogP contribution in [0.2, 0.25) is 0 Å². The van der Waals surface area contributed by atoms with E-state index < -0.39 is 0 Å². The number of rotatable bonds is 1. The molecule has 15 heavy (non-hydrogen) atoms. The van der Waals surface area contributed by atoms with Gasteiger partial charge in [0.2, 0.25) is 0 Å². The molecule has 1 spiro atoms. The summed E-state index contributed by atoms with van der Waals surface area (Å²) in [6.45, 7) is 0. The quantitative estimate of drug-likeness (QED) is 0.700. The zero-order valence-electron chi connectivity index (χ0n) is 9.08. The van der Waals surface area contributed by atoms with Gasteiger partial charge < -0.3 is 9.47 Å². The molecule has 1 aliphatic heterocycles. The number of aryl methyl sites for hydroxylation is 1. The molecule has 0 atom stereocenters. The van der Waals surface area contributed by atoms with Gasteiger partial charge in [0.05, 0.1) is 7.11 Å². The first-order chi connectivity index (χ1) is 7.31. The van der Waals surface area contributed by atoms with Crippen molar-refractivity contribution >= 4 is 0 Å². The molecule has 0 saturated heterocycles. The topological polar surface area (TPSA) is 18.5 Å². The van der Waals surface area contributed by atoms with E-state index in [1.165, 1.54) is 31.2 Å². The molecule has 0 bridgehead atoms. The second kappa shape index (κ2) is 3.16. The first-order valence-electron chi connectivity index (χ1n) is 5.67. The van der Waals surface area contributed by atoms with E-state index in [-0.39, 0.29) is 5.60 Å². The van der Waals surface area contributed by atoms with E-state index in [2.05, 4.69) is 6.07 Å². The van der Waals surface area contributed by atoms with Crippen molar-refractivity contribution in [3.8, 4) is 11.5 Å². The summed E-state index contributed by atoms with van der Waals surface area (Å²) in [6.07, 6.45) is 6.10. The average Bonchev–Trinajstić information content (AvgIpc) is 2.25.